The molecule has 1 rings (SSSR count). The second-order valence-electron chi connectivity index (χ2n) is 5.13. The van der Waals surface area contributed by atoms with Gasteiger partial charge in [-0.3, -0.25) is 4.79 Å². The van der Waals surface area contributed by atoms with Gasteiger partial charge in [0.1, 0.15) is 0 Å². The van der Waals surface area contributed by atoms with Gasteiger partial charge in [0.15, 0.2) is 5.96 Å². The average molecular weight is 266 g/mol. The number of carbonyl (C=O) groups is 1. The van der Waals surface area contributed by atoms with Crippen LogP contribution < -0.4 is 11.1 Å². The minimum atomic E-state index is 0.293. The monoisotopic (exact) mass is 266 g/mol. The largest absolute Gasteiger partial charge is 0.370 e. The molecule has 0 aromatic carbocycles. The first-order valence-electron chi connectivity index (χ1n) is 7.05. The van der Waals surface area contributed by atoms with Crippen molar-refractivity contribution in [2.75, 3.05) is 26.2 Å². The number of nitrogens with zero attached hydrogens (tertiary/aromatic N) is 2. The molecule has 0 spiro atoms. The number of hydrogen-bond donors (Lipinski definition) is 2. The summed E-state index contributed by atoms with van der Waals surface area (Å²) in [6, 6.07) is 0. The summed E-state index contributed by atoms with van der Waals surface area (Å²) in [4.78, 5) is 17.9. The van der Waals surface area contributed by atoms with E-state index in [1.54, 1.807) is 0 Å². The molecule has 19 heavy (non-hydrogen) atoms. The normalized spacial score (nSPS) is 17.2. The van der Waals surface area contributed by atoms with Crippen molar-refractivity contribution in [3.05, 3.63) is 12.2 Å². The maximum absolute atomic E-state index is 11.8. The lowest BCUT2D eigenvalue weighted by atomic mass is 10.2. The molecule has 1 saturated heterocycles. The quantitative estimate of drug-likeness (QED) is 0.329. The molecule has 1 amide bonds. The highest BCUT2D eigenvalue weighted by Crippen LogP contribution is 2.10. The molecule has 0 saturated carbocycles. The Morgan fingerprint density at radius 3 is 3.00 bits per heavy atom. The van der Waals surface area contributed by atoms with Crippen LogP contribution in [-0.2, 0) is 4.79 Å². The van der Waals surface area contributed by atoms with Gasteiger partial charge in [-0.05, 0) is 26.2 Å². The van der Waals surface area contributed by atoms with Gasteiger partial charge >= 0.3 is 0 Å². The first kappa shape index (κ1) is 15.5. The Bertz CT molecular complexity index is 338. The molecular formula is C14H26N4O. The van der Waals surface area contributed by atoms with E-state index in [1.807, 2.05) is 11.8 Å². The smallest absolute Gasteiger partial charge is 0.222 e. The molecule has 0 radical (unpaired) electrons. The van der Waals surface area contributed by atoms with Crippen LogP contribution in [0.5, 0.6) is 0 Å². The van der Waals surface area contributed by atoms with Crippen molar-refractivity contribution in [2.45, 2.75) is 39.0 Å². The van der Waals surface area contributed by atoms with Crippen molar-refractivity contribution in [3.63, 3.8) is 0 Å². The van der Waals surface area contributed by atoms with Crippen molar-refractivity contribution in [3.8, 4) is 0 Å². The number of likely N-dealkylation sites (tertiary alicyclic amines) is 1. The van der Waals surface area contributed by atoms with Crippen LogP contribution in [0.1, 0.15) is 39.0 Å². The molecule has 3 N–H and O–H groups in total. The van der Waals surface area contributed by atoms with Gasteiger partial charge in [-0.1, -0.05) is 18.6 Å². The van der Waals surface area contributed by atoms with Gasteiger partial charge in [0, 0.05) is 26.1 Å². The zero-order valence-electron chi connectivity index (χ0n) is 12.0. The summed E-state index contributed by atoms with van der Waals surface area (Å²) < 4.78 is 0. The van der Waals surface area contributed by atoms with Crippen LogP contribution in [0.15, 0.2) is 17.1 Å². The van der Waals surface area contributed by atoms with Crippen molar-refractivity contribution < 1.29 is 4.79 Å². The Morgan fingerprint density at radius 2 is 2.26 bits per heavy atom. The molecule has 0 atom stereocenters. The van der Waals surface area contributed by atoms with Crippen LogP contribution in [0.3, 0.4) is 0 Å². The van der Waals surface area contributed by atoms with Crippen molar-refractivity contribution in [1.82, 2.24) is 10.2 Å². The van der Waals surface area contributed by atoms with Gasteiger partial charge < -0.3 is 16.0 Å². The molecule has 1 heterocycles. The maximum atomic E-state index is 11.8. The zero-order chi connectivity index (χ0) is 14.1. The Kier molecular flexibility index (Phi) is 7.00. The third-order valence-corrected chi connectivity index (χ3v) is 3.10. The third-order valence-electron chi connectivity index (χ3n) is 3.10. The molecule has 1 aliphatic heterocycles. The second-order valence-corrected chi connectivity index (χ2v) is 5.13. The van der Waals surface area contributed by atoms with Gasteiger partial charge in [0.25, 0.3) is 0 Å². The van der Waals surface area contributed by atoms with E-state index in [-0.39, 0.29) is 0 Å². The average Bonchev–Trinajstić information content (AvgIpc) is 2.57. The van der Waals surface area contributed by atoms with Gasteiger partial charge in [-0.15, -0.1) is 0 Å². The fourth-order valence-corrected chi connectivity index (χ4v) is 2.04. The van der Waals surface area contributed by atoms with Crippen LogP contribution in [0.4, 0.5) is 0 Å². The summed E-state index contributed by atoms with van der Waals surface area (Å²) >= 11 is 0. The standard InChI is InChI=1S/C14H26N4O/c1-12(2)11-17-14(15)16-8-6-10-18-9-5-3-4-7-13(18)19/h1,3-11H2,2H3,(H3,15,16,17). The third kappa shape index (κ3) is 6.84. The second kappa shape index (κ2) is 8.56. The van der Waals surface area contributed by atoms with E-state index in [0.29, 0.717) is 24.8 Å². The van der Waals surface area contributed by atoms with Crippen LogP contribution in [0.25, 0.3) is 0 Å². The van der Waals surface area contributed by atoms with Crippen LogP contribution in [-0.4, -0.2) is 42.9 Å². The Balaban J connectivity index is 2.17. The fourth-order valence-electron chi connectivity index (χ4n) is 2.04. The molecule has 0 aliphatic carbocycles. The first-order valence-corrected chi connectivity index (χ1v) is 7.05. The van der Waals surface area contributed by atoms with Crippen molar-refractivity contribution in [2.24, 2.45) is 10.7 Å². The topological polar surface area (TPSA) is 70.7 Å². The molecule has 0 aromatic rings. The van der Waals surface area contributed by atoms with E-state index >= 15 is 0 Å². The summed E-state index contributed by atoms with van der Waals surface area (Å²) in [6.45, 7) is 8.70. The number of aliphatic imine (C=N–C) groups is 1. The van der Waals surface area contributed by atoms with E-state index in [1.165, 1.54) is 6.42 Å². The van der Waals surface area contributed by atoms with E-state index < -0.39 is 0 Å². The predicted octanol–water partition coefficient (Wildman–Crippen LogP) is 1.26. The molecule has 5 heteroatoms. The number of amides is 1. The van der Waals surface area contributed by atoms with Crippen LogP contribution in [0.2, 0.25) is 0 Å². The van der Waals surface area contributed by atoms with E-state index in [4.69, 9.17) is 5.73 Å². The lowest BCUT2D eigenvalue weighted by Gasteiger charge is -2.20. The summed E-state index contributed by atoms with van der Waals surface area (Å²) in [5.74, 6) is 0.742. The SMILES string of the molecule is C=C(C)CN=C(N)NCCCN1CCCCCC1=O. The Labute approximate surface area is 115 Å². The molecule has 0 bridgehead atoms. The summed E-state index contributed by atoms with van der Waals surface area (Å²) in [7, 11) is 0. The van der Waals surface area contributed by atoms with Crippen LogP contribution in [0, 0.1) is 0 Å². The predicted molar refractivity (Wildman–Crippen MR) is 79.0 cm³/mol. The highest BCUT2D eigenvalue weighted by Gasteiger charge is 2.15. The highest BCUT2D eigenvalue weighted by molar-refractivity contribution is 5.78. The Hall–Kier alpha value is -1.52. The summed E-state index contributed by atoms with van der Waals surface area (Å²) in [5, 5.41) is 3.06. The molecule has 0 aromatic heterocycles. The lowest BCUT2D eigenvalue weighted by molar-refractivity contribution is -0.130. The Morgan fingerprint density at radius 1 is 1.47 bits per heavy atom. The molecule has 1 aliphatic rings. The lowest BCUT2D eigenvalue weighted by Crippen LogP contribution is -2.36. The van der Waals surface area contributed by atoms with Gasteiger partial charge in [-0.2, -0.15) is 0 Å². The number of nitrogens with one attached hydrogen (secondary N) is 1. The first-order chi connectivity index (χ1) is 9.09. The number of carbonyl (C=O) groups excluding carboxylic acids is 1. The van der Waals surface area contributed by atoms with Crippen molar-refractivity contribution in [1.29, 1.82) is 0 Å². The van der Waals surface area contributed by atoms with Gasteiger partial charge in [-0.25, -0.2) is 4.99 Å². The summed E-state index contributed by atoms with van der Waals surface area (Å²) in [5.41, 5.74) is 6.70. The fraction of sp³-hybridized carbons (Fsp3) is 0.714. The number of nitrogens with two attached hydrogens (primary N) is 1. The zero-order valence-corrected chi connectivity index (χ0v) is 12.0. The highest BCUT2D eigenvalue weighted by atomic mass is 16.2. The number of guanidine groups is 1. The number of hydrogen-bond acceptors (Lipinski definition) is 2. The number of rotatable bonds is 6. The van der Waals surface area contributed by atoms with E-state index in [0.717, 1.165) is 44.5 Å². The molecule has 108 valence electrons. The molecular weight excluding hydrogens is 240 g/mol. The van der Waals surface area contributed by atoms with Crippen LogP contribution >= 0.6 is 0 Å². The van der Waals surface area contributed by atoms with Gasteiger partial charge in [0.2, 0.25) is 5.91 Å². The molecule has 1 fully saturated rings. The minimum absolute atomic E-state index is 0.293. The van der Waals surface area contributed by atoms with E-state index in [9.17, 15) is 4.79 Å². The summed E-state index contributed by atoms with van der Waals surface area (Å²) in [6.07, 6.45) is 4.93. The van der Waals surface area contributed by atoms with E-state index in [2.05, 4.69) is 16.9 Å². The molecule has 5 nitrogen and oxygen atoms in total. The maximum Gasteiger partial charge on any atom is 0.222 e. The van der Waals surface area contributed by atoms with Crippen molar-refractivity contribution >= 4 is 11.9 Å². The minimum Gasteiger partial charge on any atom is -0.370 e. The molecule has 0 unspecified atom stereocenters. The van der Waals surface area contributed by atoms with Gasteiger partial charge in [0.05, 0.1) is 6.54 Å².